The second-order valence-electron chi connectivity index (χ2n) is 28.4. The van der Waals surface area contributed by atoms with Crippen LogP contribution < -0.4 is 24.8 Å². The zero-order valence-corrected chi connectivity index (χ0v) is 69.5. The molecule has 106 heavy (non-hydrogen) atoms. The summed E-state index contributed by atoms with van der Waals surface area (Å²) in [6, 6.07) is 124. The molecule has 0 fully saturated rings. The Kier molecular flexibility index (Phi) is 23.6. The molecule has 0 heterocycles. The average molecular weight is 1590 g/mol. The number of benzene rings is 16. The van der Waals surface area contributed by atoms with Gasteiger partial charge in [0.1, 0.15) is 0 Å². The van der Waals surface area contributed by atoms with Crippen molar-refractivity contribution in [1.29, 1.82) is 0 Å². The van der Waals surface area contributed by atoms with Crippen LogP contribution in [0.25, 0.3) is 174 Å². The van der Waals surface area contributed by atoms with Crippen molar-refractivity contribution in [2.45, 2.75) is 53.9 Å². The third-order valence-corrected chi connectivity index (χ3v) is 19.6. The summed E-state index contributed by atoms with van der Waals surface area (Å²) in [4.78, 5) is 0. The third kappa shape index (κ3) is 16.8. The largest absolute Gasteiger partial charge is 1.00 e. The zero-order chi connectivity index (χ0) is 71.5. The first kappa shape index (κ1) is 75.1. The maximum Gasteiger partial charge on any atom is -0.0172 e. The molecule has 20 aromatic carbocycles. The van der Waals surface area contributed by atoms with E-state index in [1.165, 1.54) is 196 Å². The zero-order valence-electron chi connectivity index (χ0n) is 61.1. The van der Waals surface area contributed by atoms with Gasteiger partial charge in [-0.1, -0.05) is 220 Å². The van der Waals surface area contributed by atoms with E-state index in [2.05, 4.69) is 394 Å². The summed E-state index contributed by atoms with van der Waals surface area (Å²) >= 11 is 3.48. The van der Waals surface area contributed by atoms with Gasteiger partial charge >= 0.3 is 83.7 Å². The Morgan fingerprint density at radius 1 is 0.198 bits per heavy atom. The summed E-state index contributed by atoms with van der Waals surface area (Å²) < 4.78 is 0. The first-order chi connectivity index (χ1) is 50.6. The minimum atomic E-state index is 0. The van der Waals surface area contributed by atoms with E-state index in [1.54, 1.807) is 46.7 Å². The third-order valence-electron chi connectivity index (χ3n) is 19.6. The van der Waals surface area contributed by atoms with E-state index in [0.29, 0.717) is 0 Å². The molecule has 0 N–H and O–H groups in total. The molecule has 0 nitrogen and oxygen atoms in total. The molecule has 0 unspecified atom stereocenters. The van der Waals surface area contributed by atoms with Crippen LogP contribution in [0.5, 0.6) is 0 Å². The van der Waals surface area contributed by atoms with Crippen molar-refractivity contribution in [3.8, 4) is 44.5 Å². The normalized spacial score (nSPS) is 11.0. The van der Waals surface area contributed by atoms with Gasteiger partial charge in [-0.3, -0.25) is 0 Å². The van der Waals surface area contributed by atoms with Gasteiger partial charge in [0.05, 0.1) is 0 Å². The molecule has 0 aromatic heterocycles. The SMILES string of the molecule is C[Si](C)=[Zr+2].C[Si](C)=[Zr+2].Cc1cc2c(-c3ccc4cc5ccccc5cc4c3)cccc2[cH-]1.Cc1cc2c(-c3ccc4cc5ccccc5cc4c3)cccc2[cH-]1.Cc1cc2c(-c3ccc4cc5ccccc5cc4c3)cccc2[cH-]1.Cc1cc2c(-c3ccc4cc5ccccc5cc4c3)cccc2[cH-]1.[Cl-].[Cl-]. The minimum Gasteiger partial charge on any atom is -1.00 e. The Bertz CT molecular complexity index is 5860. The molecule has 0 atom stereocenters. The summed E-state index contributed by atoms with van der Waals surface area (Å²) in [6.07, 6.45) is 0. The fourth-order valence-corrected chi connectivity index (χ4v) is 15.0. The Balaban J connectivity index is 0.000000120. The van der Waals surface area contributed by atoms with Crippen LogP contribution in [0.2, 0.25) is 26.2 Å². The van der Waals surface area contributed by atoms with Crippen molar-refractivity contribution in [2.24, 2.45) is 0 Å². The van der Waals surface area contributed by atoms with Gasteiger partial charge in [-0.25, -0.2) is 0 Å². The smallest absolute Gasteiger partial charge is 0.0172 e. The Morgan fingerprint density at radius 3 is 0.557 bits per heavy atom. The summed E-state index contributed by atoms with van der Waals surface area (Å²) in [5.74, 6) is 0. The number of rotatable bonds is 4. The molecule has 6 heteroatoms. The van der Waals surface area contributed by atoms with E-state index in [9.17, 15) is 0 Å². The van der Waals surface area contributed by atoms with E-state index in [1.807, 2.05) is 0 Å². The number of halogens is 2. The number of hydrogen-bond acceptors (Lipinski definition) is 0. The van der Waals surface area contributed by atoms with E-state index in [4.69, 9.17) is 0 Å². The predicted octanol–water partition coefficient (Wildman–Crippen LogP) is 22.9. The molecule has 0 aliphatic heterocycles. The predicted molar refractivity (Wildman–Crippen MR) is 454 cm³/mol. The summed E-state index contributed by atoms with van der Waals surface area (Å²) in [7, 11) is 0. The number of fused-ring (bicyclic) bond motifs is 12. The van der Waals surface area contributed by atoms with Crippen LogP contribution in [-0.2, 0) is 46.7 Å². The van der Waals surface area contributed by atoms with E-state index >= 15 is 0 Å². The van der Waals surface area contributed by atoms with Crippen molar-refractivity contribution >= 4 is 140 Å². The Hall–Kier alpha value is -9.18. The molecule has 0 saturated carbocycles. The van der Waals surface area contributed by atoms with Crippen molar-refractivity contribution in [3.63, 3.8) is 0 Å². The van der Waals surface area contributed by atoms with Gasteiger partial charge in [0.25, 0.3) is 0 Å². The van der Waals surface area contributed by atoms with Crippen LogP contribution in [0, 0.1) is 27.7 Å². The van der Waals surface area contributed by atoms with Crippen molar-refractivity contribution < 1.29 is 71.5 Å². The molecule has 0 saturated heterocycles. The van der Waals surface area contributed by atoms with Crippen molar-refractivity contribution in [3.05, 3.63) is 362 Å². The van der Waals surface area contributed by atoms with E-state index in [-0.39, 0.29) is 35.7 Å². The summed E-state index contributed by atoms with van der Waals surface area (Å²) in [5.41, 5.74) is 16.1. The monoisotopic (exact) mass is 1590 g/mol. The van der Waals surface area contributed by atoms with E-state index in [0.717, 1.165) is 0 Å². The van der Waals surface area contributed by atoms with Crippen molar-refractivity contribution in [2.75, 3.05) is 0 Å². The molecule has 20 rings (SSSR count). The molecule has 0 aliphatic rings. The quantitative estimate of drug-likeness (QED) is 0.0936. The summed E-state index contributed by atoms with van der Waals surface area (Å²) in [5, 5.41) is 31.4. The molecule has 0 radical (unpaired) electrons. The van der Waals surface area contributed by atoms with Gasteiger partial charge in [-0.05, 0) is 181 Å². The van der Waals surface area contributed by atoms with Gasteiger partial charge in [0, 0.05) is 0 Å². The molecule has 0 bridgehead atoms. The van der Waals surface area contributed by atoms with Gasteiger partial charge < -0.3 is 24.8 Å². The fraction of sp³-hybridized carbons (Fsp3) is 0.0800. The molecule has 0 aliphatic carbocycles. The first-order valence-electron chi connectivity index (χ1n) is 36.0. The van der Waals surface area contributed by atoms with Crippen molar-refractivity contribution in [1.82, 2.24) is 0 Å². The maximum absolute atomic E-state index is 2.32. The average Bonchev–Trinajstić information content (AvgIpc) is 1.56. The van der Waals surface area contributed by atoms with Gasteiger partial charge in [-0.2, -0.15) is 24.3 Å². The second kappa shape index (κ2) is 33.3. The minimum absolute atomic E-state index is 0. The van der Waals surface area contributed by atoms with Gasteiger partial charge in [-0.15, -0.1) is 138 Å². The topological polar surface area (TPSA) is 0 Å². The molecule has 0 spiro atoms. The molecular weight excluding hydrogens is 1510 g/mol. The maximum atomic E-state index is 2.32. The van der Waals surface area contributed by atoms with Crippen LogP contribution >= 0.6 is 0 Å². The standard InChI is InChI=1S/4C24H17.2C2H6Si.2ClH.2Zr/c4*1-16-11-20-7-4-8-23(24(20)12-16)21-10-9-19-13-17-5-2-3-6-18(17)14-22(19)15-21;2*1-3-2;;;;/h4*2-15H,1H3;2*1-2H3;2*1H;;/q4*-1;;;;;2*+2/p-2. The second-order valence-corrected chi connectivity index (χ2v) is 47.2. The molecule has 20 aromatic rings. The van der Waals surface area contributed by atoms with E-state index < -0.39 is 0 Å². The molecule has 0 amide bonds. The van der Waals surface area contributed by atoms with Crippen LogP contribution in [-0.4, -0.2) is 10.9 Å². The van der Waals surface area contributed by atoms with Crippen LogP contribution in [0.3, 0.4) is 0 Å². The Morgan fingerprint density at radius 2 is 0.368 bits per heavy atom. The number of aryl methyl sites for hydroxylation is 4. The van der Waals surface area contributed by atoms with Crippen LogP contribution in [0.1, 0.15) is 22.3 Å². The van der Waals surface area contributed by atoms with Crippen LogP contribution in [0.15, 0.2) is 340 Å². The number of hydrogen-bond donors (Lipinski definition) is 0. The summed E-state index contributed by atoms with van der Waals surface area (Å²) in [6.45, 7) is 17.9. The van der Waals surface area contributed by atoms with Gasteiger partial charge in [0.15, 0.2) is 0 Å². The molecular formula is C100H80Cl2Si2Zr2-2. The van der Waals surface area contributed by atoms with Gasteiger partial charge in [0.2, 0.25) is 0 Å². The Labute approximate surface area is 665 Å². The first-order valence-corrected chi connectivity index (χ1v) is 48.3. The molecule has 512 valence electrons. The van der Waals surface area contributed by atoms with Crippen LogP contribution in [0.4, 0.5) is 0 Å². The fourth-order valence-electron chi connectivity index (χ4n) is 15.0.